The van der Waals surface area contributed by atoms with Gasteiger partial charge in [0.2, 0.25) is 5.82 Å². The largest absolute Gasteiger partial charge is 0.477 e. The number of halogens is 2. The number of hydrogen-bond acceptors (Lipinski definition) is 9. The van der Waals surface area contributed by atoms with Gasteiger partial charge in [0, 0.05) is 40.9 Å². The van der Waals surface area contributed by atoms with E-state index in [9.17, 15) is 4.79 Å². The van der Waals surface area contributed by atoms with Gasteiger partial charge < -0.3 is 23.8 Å². The predicted octanol–water partition coefficient (Wildman–Crippen LogP) is 6.39. The maximum absolute atomic E-state index is 11.1. The molecule has 3 fully saturated rings. The third-order valence-electron chi connectivity index (χ3n) is 8.00. The first-order chi connectivity index (χ1) is 19.5. The van der Waals surface area contributed by atoms with Gasteiger partial charge in [-0.1, -0.05) is 39.6 Å². The fraction of sp³-hybridized carbons (Fsp3) is 0.393. The highest BCUT2D eigenvalue weighted by Crippen LogP contribution is 2.47. The van der Waals surface area contributed by atoms with Crippen molar-refractivity contribution in [3.8, 4) is 22.6 Å². The summed E-state index contributed by atoms with van der Waals surface area (Å²) in [7, 11) is 0. The van der Waals surface area contributed by atoms with Crippen LogP contribution >= 0.6 is 23.2 Å². The Bertz CT molecular complexity index is 1530. The average molecular weight is 582 g/mol. The molecule has 0 amide bonds. The molecule has 2 bridgehead atoms. The van der Waals surface area contributed by atoms with Crippen LogP contribution in [0.15, 0.2) is 45.6 Å². The van der Waals surface area contributed by atoms with Gasteiger partial charge >= 0.3 is 12.0 Å². The summed E-state index contributed by atoms with van der Waals surface area (Å²) in [5.41, 5.74) is 2.82. The highest BCUT2D eigenvalue weighted by Gasteiger charge is 2.44. The van der Waals surface area contributed by atoms with E-state index in [0.717, 1.165) is 49.8 Å². The number of hydrogen-bond donors (Lipinski definition) is 1. The minimum atomic E-state index is -1.08. The molecule has 2 unspecified atom stereocenters. The van der Waals surface area contributed by atoms with E-state index in [-0.39, 0.29) is 23.9 Å². The van der Waals surface area contributed by atoms with Crippen molar-refractivity contribution in [2.75, 3.05) is 4.90 Å². The molecule has 2 atom stereocenters. The number of fused-ring (bicyclic) bond motifs is 2. The van der Waals surface area contributed by atoms with Gasteiger partial charge in [-0.3, -0.25) is 0 Å². The number of rotatable bonds is 8. The van der Waals surface area contributed by atoms with Crippen molar-refractivity contribution < 1.29 is 23.7 Å². The molecule has 0 spiro atoms. The Morgan fingerprint density at radius 3 is 2.42 bits per heavy atom. The number of pyridine rings is 1. The lowest BCUT2D eigenvalue weighted by Gasteiger charge is -2.37. The zero-order valence-electron chi connectivity index (χ0n) is 21.3. The van der Waals surface area contributed by atoms with E-state index in [1.807, 2.05) is 6.07 Å². The van der Waals surface area contributed by atoms with E-state index in [4.69, 9.17) is 42.1 Å². The monoisotopic (exact) mass is 581 g/mol. The van der Waals surface area contributed by atoms with Crippen LogP contribution in [0.5, 0.6) is 0 Å². The highest BCUT2D eigenvalue weighted by atomic mass is 35.5. The lowest BCUT2D eigenvalue weighted by atomic mass is 9.99. The summed E-state index contributed by atoms with van der Waals surface area (Å²) >= 11 is 13.0. The van der Waals surface area contributed by atoms with Crippen molar-refractivity contribution in [3.05, 3.63) is 63.6 Å². The first kappa shape index (κ1) is 25.5. The van der Waals surface area contributed by atoms with Crippen molar-refractivity contribution in [3.63, 3.8) is 0 Å². The van der Waals surface area contributed by atoms with E-state index in [2.05, 4.69) is 25.2 Å². The second-order valence-corrected chi connectivity index (χ2v) is 11.4. The molecule has 1 aliphatic carbocycles. The summed E-state index contributed by atoms with van der Waals surface area (Å²) in [5, 5.41) is 18.6. The van der Waals surface area contributed by atoms with Crippen LogP contribution in [-0.4, -0.2) is 49.5 Å². The number of aromatic carboxylic acids is 1. The summed E-state index contributed by atoms with van der Waals surface area (Å²) in [4.78, 5) is 21.9. The summed E-state index contributed by atoms with van der Waals surface area (Å²) in [5.74, 6) is 0.527. The lowest BCUT2D eigenvalue weighted by Crippen LogP contribution is -2.45. The van der Waals surface area contributed by atoms with Gasteiger partial charge in [-0.15, -0.1) is 0 Å². The molecule has 10 nitrogen and oxygen atoms in total. The number of anilines is 1. The second kappa shape index (κ2) is 10.2. The molecular weight excluding hydrogens is 557 g/mol. The molecule has 3 aromatic heterocycles. The molecule has 1 saturated carbocycles. The third-order valence-corrected chi connectivity index (χ3v) is 8.63. The number of carboxylic acid groups (broad SMARTS) is 1. The first-order valence-corrected chi connectivity index (χ1v) is 14.1. The molecule has 206 valence electrons. The van der Waals surface area contributed by atoms with Gasteiger partial charge in [0.25, 0.3) is 0 Å². The van der Waals surface area contributed by atoms with Crippen molar-refractivity contribution in [2.24, 2.45) is 0 Å². The zero-order valence-corrected chi connectivity index (χ0v) is 22.8. The van der Waals surface area contributed by atoms with Crippen LogP contribution in [-0.2, 0) is 11.3 Å². The summed E-state index contributed by atoms with van der Waals surface area (Å²) in [6.45, 7) is 0.375. The first-order valence-electron chi connectivity index (χ1n) is 13.3. The van der Waals surface area contributed by atoms with Crippen LogP contribution < -0.4 is 4.90 Å². The van der Waals surface area contributed by atoms with Gasteiger partial charge in [-0.05, 0) is 62.8 Å². The number of nitrogens with zero attached hydrogens (tertiary/aromatic N) is 5. The van der Waals surface area contributed by atoms with Gasteiger partial charge in [0.1, 0.15) is 17.1 Å². The van der Waals surface area contributed by atoms with Crippen molar-refractivity contribution in [1.82, 2.24) is 20.3 Å². The van der Waals surface area contributed by atoms with Crippen LogP contribution in [0.1, 0.15) is 66.3 Å². The number of carbonyl (C=O) groups is 1. The van der Waals surface area contributed by atoms with Gasteiger partial charge in [-0.2, -0.15) is 4.98 Å². The molecule has 4 aromatic rings. The third kappa shape index (κ3) is 4.63. The summed E-state index contributed by atoms with van der Waals surface area (Å²) in [6, 6.07) is 9.37. The standard InChI is InChI=1S/C28H25Cl2N5O5/c29-20-2-1-3-21(30)23(20)24-19(25(39-33-24)14-4-5-14)13-38-18-10-16-7-8-17(11-18)35(16)28-32-26(34-40-28)15-6-9-22(27(36)37)31-12-15/h1-3,6,9,12,14,16-18H,4-5,7-8,10-11,13H2,(H,36,37). The van der Waals surface area contributed by atoms with E-state index in [1.165, 1.54) is 12.3 Å². The highest BCUT2D eigenvalue weighted by molar-refractivity contribution is 6.39. The number of benzene rings is 1. The van der Waals surface area contributed by atoms with Crippen LogP contribution in [0.25, 0.3) is 22.6 Å². The van der Waals surface area contributed by atoms with Gasteiger partial charge in [0.05, 0.1) is 22.8 Å². The Kier molecular flexibility index (Phi) is 6.48. The number of piperidine rings is 1. The minimum absolute atomic E-state index is 0.0369. The van der Waals surface area contributed by atoms with Crippen LogP contribution in [0.4, 0.5) is 6.01 Å². The van der Waals surface area contributed by atoms with E-state index < -0.39 is 5.97 Å². The predicted molar refractivity (Wildman–Crippen MR) is 146 cm³/mol. The Balaban J connectivity index is 1.06. The maximum Gasteiger partial charge on any atom is 0.354 e. The molecule has 5 heterocycles. The Hall–Kier alpha value is -3.47. The fourth-order valence-corrected chi connectivity index (χ4v) is 6.49. The number of ether oxygens (including phenoxy) is 1. The molecule has 12 heteroatoms. The molecule has 2 saturated heterocycles. The molecule has 40 heavy (non-hydrogen) atoms. The summed E-state index contributed by atoms with van der Waals surface area (Å²) < 4.78 is 18.0. The molecule has 1 aromatic carbocycles. The molecular formula is C28H25Cl2N5O5. The smallest absolute Gasteiger partial charge is 0.354 e. The molecule has 3 aliphatic rings. The van der Waals surface area contributed by atoms with Crippen LogP contribution in [0, 0.1) is 0 Å². The van der Waals surface area contributed by atoms with Crippen LogP contribution in [0.2, 0.25) is 10.0 Å². The molecule has 2 aliphatic heterocycles. The van der Waals surface area contributed by atoms with Gasteiger partial charge in [-0.25, -0.2) is 9.78 Å². The van der Waals surface area contributed by atoms with Crippen LogP contribution in [0.3, 0.4) is 0 Å². The van der Waals surface area contributed by atoms with E-state index in [1.54, 1.807) is 18.2 Å². The SMILES string of the molecule is O=C(O)c1ccc(-c2noc(N3C4CCC3CC(OCc3c(-c5c(Cl)cccc5Cl)noc3C3CC3)C4)n2)cn1. The van der Waals surface area contributed by atoms with Crippen molar-refractivity contribution in [2.45, 2.75) is 69.2 Å². The second-order valence-electron chi connectivity index (χ2n) is 10.6. The van der Waals surface area contributed by atoms with E-state index in [0.29, 0.717) is 51.2 Å². The zero-order chi connectivity index (χ0) is 27.4. The molecule has 7 rings (SSSR count). The fourth-order valence-electron chi connectivity index (χ4n) is 5.92. The normalized spacial score (nSPS) is 22.1. The number of carboxylic acids is 1. The Morgan fingerprint density at radius 1 is 1.02 bits per heavy atom. The van der Waals surface area contributed by atoms with E-state index >= 15 is 0 Å². The topological polar surface area (TPSA) is 128 Å². The molecule has 1 N–H and O–H groups in total. The Morgan fingerprint density at radius 2 is 1.77 bits per heavy atom. The van der Waals surface area contributed by atoms with Gasteiger partial charge in [0.15, 0.2) is 0 Å². The molecule has 0 radical (unpaired) electrons. The quantitative estimate of drug-likeness (QED) is 0.250. The van der Waals surface area contributed by atoms with Crippen molar-refractivity contribution in [1.29, 1.82) is 0 Å². The summed E-state index contributed by atoms with van der Waals surface area (Å²) in [6.07, 6.45) is 7.33. The average Bonchev–Trinajstić information content (AvgIpc) is 3.42. The minimum Gasteiger partial charge on any atom is -0.477 e. The van der Waals surface area contributed by atoms with Crippen molar-refractivity contribution >= 4 is 35.2 Å². The Labute approximate surface area is 239 Å². The maximum atomic E-state index is 11.1. The number of aromatic nitrogens is 4. The lowest BCUT2D eigenvalue weighted by molar-refractivity contribution is 0.0138.